The Bertz CT molecular complexity index is 617. The van der Waals surface area contributed by atoms with Crippen molar-refractivity contribution in [2.24, 2.45) is 0 Å². The quantitative estimate of drug-likeness (QED) is 0.566. The topological polar surface area (TPSA) is 51.2 Å². The highest BCUT2D eigenvalue weighted by Gasteiger charge is 2.23. The van der Waals surface area contributed by atoms with E-state index in [4.69, 9.17) is 19.3 Å². The highest BCUT2D eigenvalue weighted by Crippen LogP contribution is 2.27. The summed E-state index contributed by atoms with van der Waals surface area (Å²) in [6.07, 6.45) is 0.932. The number of ether oxygens (including phenoxy) is 3. The first kappa shape index (κ1) is 16.8. The third-order valence-corrected chi connectivity index (χ3v) is 4.17. The van der Waals surface area contributed by atoms with Crippen LogP contribution in [0.15, 0.2) is 48.5 Å². The molecule has 1 saturated heterocycles. The molecule has 0 aromatic heterocycles. The Hall–Kier alpha value is -2.04. The highest BCUT2D eigenvalue weighted by molar-refractivity contribution is 5.37. The molecule has 0 spiro atoms. The Kier molecular flexibility index (Phi) is 5.72. The molecule has 4 nitrogen and oxygen atoms in total. The van der Waals surface area contributed by atoms with Gasteiger partial charge in [0, 0.05) is 18.9 Å². The zero-order chi connectivity index (χ0) is 16.8. The highest BCUT2D eigenvalue weighted by atomic mass is 16.6. The predicted octanol–water partition coefficient (Wildman–Crippen LogP) is 3.38. The molecule has 1 N–H and O–H groups in total. The van der Waals surface area contributed by atoms with Crippen molar-refractivity contribution in [3.63, 3.8) is 0 Å². The fourth-order valence-electron chi connectivity index (χ4n) is 2.51. The average molecular weight is 328 g/mol. The summed E-state index contributed by atoms with van der Waals surface area (Å²) in [5.41, 5.74) is 2.49. The number of aliphatic hydroxyl groups excluding tert-OH is 1. The van der Waals surface area contributed by atoms with E-state index < -0.39 is 0 Å². The Labute approximate surface area is 143 Å². The van der Waals surface area contributed by atoms with E-state index >= 15 is 0 Å². The maximum absolute atomic E-state index is 8.78. The second-order valence-corrected chi connectivity index (χ2v) is 6.05. The first-order valence-electron chi connectivity index (χ1n) is 8.44. The Morgan fingerprint density at radius 3 is 2.04 bits per heavy atom. The average Bonchev–Trinajstić information content (AvgIpc) is 3.45. The minimum absolute atomic E-state index is 0.155. The van der Waals surface area contributed by atoms with Crippen LogP contribution in [0.4, 0.5) is 0 Å². The van der Waals surface area contributed by atoms with Crippen molar-refractivity contribution in [3.05, 3.63) is 59.7 Å². The number of epoxide rings is 1. The van der Waals surface area contributed by atoms with Gasteiger partial charge in [0.25, 0.3) is 0 Å². The molecule has 128 valence electrons. The van der Waals surface area contributed by atoms with Crippen LogP contribution in [0.1, 0.15) is 30.4 Å². The molecule has 2 unspecified atom stereocenters. The van der Waals surface area contributed by atoms with Crippen molar-refractivity contribution < 1.29 is 19.3 Å². The van der Waals surface area contributed by atoms with E-state index in [9.17, 15) is 0 Å². The van der Waals surface area contributed by atoms with Crippen LogP contribution in [0, 0.1) is 0 Å². The van der Waals surface area contributed by atoms with Crippen molar-refractivity contribution in [3.8, 4) is 11.5 Å². The molecule has 1 fully saturated rings. The van der Waals surface area contributed by atoms with Gasteiger partial charge < -0.3 is 19.3 Å². The molecular formula is C20H24O4. The largest absolute Gasteiger partial charge is 0.494 e. The predicted molar refractivity (Wildman–Crippen MR) is 92.8 cm³/mol. The first-order chi connectivity index (χ1) is 11.8. The van der Waals surface area contributed by atoms with Gasteiger partial charge in [-0.3, -0.25) is 0 Å². The third-order valence-electron chi connectivity index (χ3n) is 4.17. The van der Waals surface area contributed by atoms with Crippen LogP contribution in [-0.2, 0) is 4.74 Å². The summed E-state index contributed by atoms with van der Waals surface area (Å²) in [4.78, 5) is 0. The molecule has 0 aliphatic carbocycles. The molecule has 2 aromatic rings. The van der Waals surface area contributed by atoms with Crippen LogP contribution >= 0.6 is 0 Å². The summed E-state index contributed by atoms with van der Waals surface area (Å²) in [6, 6.07) is 16.4. The van der Waals surface area contributed by atoms with Crippen molar-refractivity contribution in [1.29, 1.82) is 0 Å². The standard InChI is InChI=1S/C20H24O4/c1-15(16-3-7-18(8-4-16)22-12-2-11-21)17-5-9-19(10-6-17)23-13-20-14-24-20/h3-10,15,20-21H,2,11-14H2,1H3. The minimum atomic E-state index is 0.155. The molecule has 4 heteroatoms. The Balaban J connectivity index is 1.57. The molecule has 1 aliphatic rings. The summed E-state index contributed by atoms with van der Waals surface area (Å²) >= 11 is 0. The normalized spacial score (nSPS) is 17.3. The van der Waals surface area contributed by atoms with Crippen molar-refractivity contribution in [2.75, 3.05) is 26.4 Å². The van der Waals surface area contributed by atoms with Crippen molar-refractivity contribution in [2.45, 2.75) is 25.4 Å². The van der Waals surface area contributed by atoms with Crippen LogP contribution < -0.4 is 9.47 Å². The Morgan fingerprint density at radius 2 is 1.54 bits per heavy atom. The summed E-state index contributed by atoms with van der Waals surface area (Å²) in [5.74, 6) is 2.02. The van der Waals surface area contributed by atoms with Gasteiger partial charge in [0.1, 0.15) is 24.2 Å². The van der Waals surface area contributed by atoms with Gasteiger partial charge in [-0.15, -0.1) is 0 Å². The molecule has 3 rings (SSSR count). The summed E-state index contributed by atoms with van der Waals surface area (Å²) < 4.78 is 16.4. The van der Waals surface area contributed by atoms with Gasteiger partial charge in [-0.1, -0.05) is 31.2 Å². The summed E-state index contributed by atoms with van der Waals surface area (Å²) in [6.45, 7) is 4.33. The maximum atomic E-state index is 8.78. The van der Waals surface area contributed by atoms with E-state index in [1.165, 1.54) is 11.1 Å². The van der Waals surface area contributed by atoms with Gasteiger partial charge in [-0.05, 0) is 35.4 Å². The van der Waals surface area contributed by atoms with Crippen LogP contribution in [0.3, 0.4) is 0 Å². The zero-order valence-corrected chi connectivity index (χ0v) is 14.0. The number of benzene rings is 2. The number of hydrogen-bond donors (Lipinski definition) is 1. The lowest BCUT2D eigenvalue weighted by atomic mass is 9.93. The van der Waals surface area contributed by atoms with E-state index in [0.717, 1.165) is 18.1 Å². The van der Waals surface area contributed by atoms with Gasteiger partial charge >= 0.3 is 0 Å². The van der Waals surface area contributed by atoms with E-state index in [2.05, 4.69) is 31.2 Å². The lowest BCUT2D eigenvalue weighted by Gasteiger charge is -2.14. The van der Waals surface area contributed by atoms with Crippen LogP contribution in [0.2, 0.25) is 0 Å². The van der Waals surface area contributed by atoms with Gasteiger partial charge in [0.05, 0.1) is 13.2 Å². The molecular weight excluding hydrogens is 304 g/mol. The number of hydrogen-bond acceptors (Lipinski definition) is 4. The lowest BCUT2D eigenvalue weighted by molar-refractivity contribution is 0.233. The molecule has 1 heterocycles. The lowest BCUT2D eigenvalue weighted by Crippen LogP contribution is -2.04. The van der Waals surface area contributed by atoms with E-state index in [1.54, 1.807) is 0 Å². The smallest absolute Gasteiger partial charge is 0.119 e. The molecule has 0 radical (unpaired) electrons. The second-order valence-electron chi connectivity index (χ2n) is 6.05. The van der Waals surface area contributed by atoms with E-state index in [1.807, 2.05) is 24.3 Å². The molecule has 0 amide bonds. The molecule has 2 aromatic carbocycles. The van der Waals surface area contributed by atoms with Crippen molar-refractivity contribution in [1.82, 2.24) is 0 Å². The fourth-order valence-corrected chi connectivity index (χ4v) is 2.51. The van der Waals surface area contributed by atoms with Crippen LogP contribution in [0.25, 0.3) is 0 Å². The van der Waals surface area contributed by atoms with Gasteiger partial charge in [-0.2, -0.15) is 0 Å². The van der Waals surface area contributed by atoms with Crippen molar-refractivity contribution >= 4 is 0 Å². The fraction of sp³-hybridized carbons (Fsp3) is 0.400. The minimum Gasteiger partial charge on any atom is -0.494 e. The first-order valence-corrected chi connectivity index (χ1v) is 8.44. The van der Waals surface area contributed by atoms with Crippen LogP contribution in [0.5, 0.6) is 11.5 Å². The summed E-state index contributed by atoms with van der Waals surface area (Å²) in [7, 11) is 0. The zero-order valence-electron chi connectivity index (χ0n) is 14.0. The van der Waals surface area contributed by atoms with E-state index in [0.29, 0.717) is 25.6 Å². The maximum Gasteiger partial charge on any atom is 0.119 e. The van der Waals surface area contributed by atoms with Gasteiger partial charge in [0.2, 0.25) is 0 Å². The molecule has 0 bridgehead atoms. The number of rotatable bonds is 9. The summed E-state index contributed by atoms with van der Waals surface area (Å²) in [5, 5.41) is 8.78. The SMILES string of the molecule is CC(c1ccc(OCCCO)cc1)c1ccc(OCC2CO2)cc1. The molecule has 2 atom stereocenters. The Morgan fingerprint density at radius 1 is 1.00 bits per heavy atom. The van der Waals surface area contributed by atoms with Crippen LogP contribution in [-0.4, -0.2) is 37.6 Å². The number of aliphatic hydroxyl groups is 1. The second kappa shape index (κ2) is 8.18. The van der Waals surface area contributed by atoms with Gasteiger partial charge in [0.15, 0.2) is 0 Å². The monoisotopic (exact) mass is 328 g/mol. The van der Waals surface area contributed by atoms with E-state index in [-0.39, 0.29) is 12.7 Å². The van der Waals surface area contributed by atoms with Gasteiger partial charge in [-0.25, -0.2) is 0 Å². The molecule has 1 aliphatic heterocycles. The molecule has 24 heavy (non-hydrogen) atoms. The molecule has 0 saturated carbocycles. The third kappa shape index (κ3) is 4.73.